The Hall–Kier alpha value is -2.46. The van der Waals surface area contributed by atoms with E-state index < -0.39 is 0 Å². The maximum Gasteiger partial charge on any atom is 0.241 e. The first kappa shape index (κ1) is 15.4. The summed E-state index contributed by atoms with van der Waals surface area (Å²) in [4.78, 5) is 27.2. The van der Waals surface area contributed by atoms with Crippen LogP contribution in [0.15, 0.2) is 54.6 Å². The van der Waals surface area contributed by atoms with Crippen molar-refractivity contribution in [2.45, 2.75) is 18.9 Å². The Kier molecular flexibility index (Phi) is 4.53. The SMILES string of the molecule is CN1CCC[C@H]1C(=O)Nc1ccccc1C(=O)c1ccccc1. The fourth-order valence-corrected chi connectivity index (χ4v) is 2.99. The molecule has 1 aliphatic rings. The number of nitrogens with zero attached hydrogens (tertiary/aromatic N) is 1. The average Bonchev–Trinajstić information content (AvgIpc) is 3.02. The van der Waals surface area contributed by atoms with Crippen LogP contribution in [-0.2, 0) is 4.79 Å². The Morgan fingerprint density at radius 2 is 1.74 bits per heavy atom. The Bertz CT molecular complexity index is 712. The summed E-state index contributed by atoms with van der Waals surface area (Å²) in [5.74, 6) is -0.125. The number of likely N-dealkylation sites (tertiary alicyclic amines) is 1. The van der Waals surface area contributed by atoms with Crippen LogP contribution in [0.3, 0.4) is 0 Å². The van der Waals surface area contributed by atoms with Crippen molar-refractivity contribution in [2.75, 3.05) is 18.9 Å². The summed E-state index contributed by atoms with van der Waals surface area (Å²) in [6.07, 6.45) is 1.89. The first-order valence-electron chi connectivity index (χ1n) is 7.86. The molecule has 1 saturated heterocycles. The topological polar surface area (TPSA) is 49.4 Å². The Labute approximate surface area is 136 Å². The number of carbonyl (C=O) groups excluding carboxylic acids is 2. The molecule has 0 unspecified atom stereocenters. The molecule has 0 spiro atoms. The number of carbonyl (C=O) groups is 2. The molecule has 3 rings (SSSR count). The molecule has 1 fully saturated rings. The highest BCUT2D eigenvalue weighted by Gasteiger charge is 2.28. The molecular formula is C19H20N2O2. The highest BCUT2D eigenvalue weighted by Crippen LogP contribution is 2.22. The zero-order valence-electron chi connectivity index (χ0n) is 13.2. The van der Waals surface area contributed by atoms with Crippen LogP contribution in [0.5, 0.6) is 0 Å². The molecule has 1 atom stereocenters. The van der Waals surface area contributed by atoms with Gasteiger partial charge < -0.3 is 5.32 Å². The minimum absolute atomic E-state index is 0.0432. The van der Waals surface area contributed by atoms with Crippen LogP contribution >= 0.6 is 0 Å². The zero-order valence-corrected chi connectivity index (χ0v) is 13.2. The van der Waals surface area contributed by atoms with E-state index in [9.17, 15) is 9.59 Å². The number of rotatable bonds is 4. The summed E-state index contributed by atoms with van der Waals surface area (Å²) in [6.45, 7) is 0.933. The van der Waals surface area contributed by atoms with E-state index in [4.69, 9.17) is 0 Å². The van der Waals surface area contributed by atoms with Gasteiger partial charge >= 0.3 is 0 Å². The van der Waals surface area contributed by atoms with Crippen molar-refractivity contribution < 1.29 is 9.59 Å². The number of para-hydroxylation sites is 1. The summed E-state index contributed by atoms with van der Waals surface area (Å²) in [5, 5.41) is 2.93. The summed E-state index contributed by atoms with van der Waals surface area (Å²) in [7, 11) is 1.96. The third-order valence-electron chi connectivity index (χ3n) is 4.29. The Morgan fingerprint density at radius 1 is 1.04 bits per heavy atom. The third kappa shape index (κ3) is 3.32. The molecule has 1 aliphatic heterocycles. The molecule has 0 aromatic heterocycles. The number of amides is 1. The molecule has 2 aromatic rings. The second-order valence-corrected chi connectivity index (χ2v) is 5.87. The normalized spacial score (nSPS) is 17.9. The van der Waals surface area contributed by atoms with Gasteiger partial charge in [-0.1, -0.05) is 42.5 Å². The lowest BCUT2D eigenvalue weighted by atomic mass is 10.0. The van der Waals surface area contributed by atoms with E-state index in [2.05, 4.69) is 10.2 Å². The summed E-state index contributed by atoms with van der Waals surface area (Å²) in [5.41, 5.74) is 1.71. The van der Waals surface area contributed by atoms with E-state index in [1.165, 1.54) is 0 Å². The van der Waals surface area contributed by atoms with Gasteiger partial charge in [-0.3, -0.25) is 14.5 Å². The summed E-state index contributed by atoms with van der Waals surface area (Å²) >= 11 is 0. The van der Waals surface area contributed by atoms with Gasteiger partial charge in [0.2, 0.25) is 5.91 Å². The largest absolute Gasteiger partial charge is 0.324 e. The summed E-state index contributed by atoms with van der Waals surface area (Å²) < 4.78 is 0. The van der Waals surface area contributed by atoms with Gasteiger partial charge in [-0.2, -0.15) is 0 Å². The summed E-state index contributed by atoms with van der Waals surface area (Å²) in [6, 6.07) is 16.2. The average molecular weight is 308 g/mol. The van der Waals surface area contributed by atoms with E-state index in [0.29, 0.717) is 16.8 Å². The van der Waals surface area contributed by atoms with Crippen molar-refractivity contribution >= 4 is 17.4 Å². The maximum absolute atomic E-state index is 12.7. The fourth-order valence-electron chi connectivity index (χ4n) is 2.99. The number of likely N-dealkylation sites (N-methyl/N-ethyl adjacent to an activating group) is 1. The van der Waals surface area contributed by atoms with Gasteiger partial charge in [-0.05, 0) is 38.6 Å². The lowest BCUT2D eigenvalue weighted by molar-refractivity contribution is -0.119. The van der Waals surface area contributed by atoms with Crippen molar-refractivity contribution in [3.05, 3.63) is 65.7 Å². The second-order valence-electron chi connectivity index (χ2n) is 5.87. The van der Waals surface area contributed by atoms with Crippen LogP contribution in [0, 0.1) is 0 Å². The van der Waals surface area contributed by atoms with Crippen molar-refractivity contribution in [3.8, 4) is 0 Å². The van der Waals surface area contributed by atoms with Crippen molar-refractivity contribution in [1.29, 1.82) is 0 Å². The van der Waals surface area contributed by atoms with Crippen LogP contribution in [0.2, 0.25) is 0 Å². The van der Waals surface area contributed by atoms with Gasteiger partial charge in [-0.15, -0.1) is 0 Å². The van der Waals surface area contributed by atoms with Crippen molar-refractivity contribution in [3.63, 3.8) is 0 Å². The second kappa shape index (κ2) is 6.75. The monoisotopic (exact) mass is 308 g/mol. The van der Waals surface area contributed by atoms with Crippen LogP contribution in [0.4, 0.5) is 5.69 Å². The molecule has 0 aliphatic carbocycles. The number of hydrogen-bond acceptors (Lipinski definition) is 3. The van der Waals surface area contributed by atoms with Gasteiger partial charge in [-0.25, -0.2) is 0 Å². The first-order valence-corrected chi connectivity index (χ1v) is 7.86. The number of hydrogen-bond donors (Lipinski definition) is 1. The molecule has 0 bridgehead atoms. The standard InChI is InChI=1S/C19H20N2O2/c1-21-13-7-12-17(21)19(23)20-16-11-6-5-10-15(16)18(22)14-8-3-2-4-9-14/h2-6,8-11,17H,7,12-13H2,1H3,(H,20,23)/t17-/m0/s1. The molecule has 4 nitrogen and oxygen atoms in total. The number of benzene rings is 2. The van der Waals surface area contributed by atoms with Gasteiger partial charge in [0.15, 0.2) is 5.78 Å². The zero-order chi connectivity index (χ0) is 16.2. The van der Waals surface area contributed by atoms with Gasteiger partial charge in [0, 0.05) is 11.1 Å². The Balaban J connectivity index is 1.84. The minimum Gasteiger partial charge on any atom is -0.324 e. The first-order chi connectivity index (χ1) is 11.2. The molecular weight excluding hydrogens is 288 g/mol. The smallest absolute Gasteiger partial charge is 0.241 e. The predicted molar refractivity (Wildman–Crippen MR) is 90.6 cm³/mol. The molecule has 1 heterocycles. The number of nitrogens with one attached hydrogen (secondary N) is 1. The third-order valence-corrected chi connectivity index (χ3v) is 4.29. The molecule has 118 valence electrons. The number of ketones is 1. The molecule has 23 heavy (non-hydrogen) atoms. The molecule has 0 radical (unpaired) electrons. The van der Waals surface area contributed by atoms with Gasteiger partial charge in [0.05, 0.1) is 11.7 Å². The quantitative estimate of drug-likeness (QED) is 0.884. The highest BCUT2D eigenvalue weighted by molar-refractivity contribution is 6.14. The molecule has 2 aromatic carbocycles. The maximum atomic E-state index is 12.7. The lowest BCUT2D eigenvalue weighted by Crippen LogP contribution is -2.37. The van der Waals surface area contributed by atoms with E-state index in [1.54, 1.807) is 24.3 Å². The lowest BCUT2D eigenvalue weighted by Gasteiger charge is -2.19. The van der Waals surface area contributed by atoms with Crippen LogP contribution < -0.4 is 5.32 Å². The molecule has 1 amide bonds. The minimum atomic E-state index is -0.116. The van der Waals surface area contributed by atoms with Crippen LogP contribution in [0.1, 0.15) is 28.8 Å². The molecule has 1 N–H and O–H groups in total. The van der Waals surface area contributed by atoms with Gasteiger partial charge in [0.25, 0.3) is 0 Å². The van der Waals surface area contributed by atoms with Crippen molar-refractivity contribution in [1.82, 2.24) is 4.90 Å². The Morgan fingerprint density at radius 3 is 2.43 bits per heavy atom. The molecule has 0 saturated carbocycles. The van der Waals surface area contributed by atoms with Crippen molar-refractivity contribution in [2.24, 2.45) is 0 Å². The van der Waals surface area contributed by atoms with E-state index in [0.717, 1.165) is 19.4 Å². The van der Waals surface area contributed by atoms with Crippen LogP contribution in [0.25, 0.3) is 0 Å². The fraction of sp³-hybridized carbons (Fsp3) is 0.263. The predicted octanol–water partition coefficient (Wildman–Crippen LogP) is 2.95. The van der Waals surface area contributed by atoms with Gasteiger partial charge in [0.1, 0.15) is 0 Å². The molecule has 4 heteroatoms. The van der Waals surface area contributed by atoms with E-state index in [1.807, 2.05) is 37.4 Å². The van der Waals surface area contributed by atoms with E-state index in [-0.39, 0.29) is 17.7 Å². The van der Waals surface area contributed by atoms with Crippen LogP contribution in [-0.4, -0.2) is 36.2 Å². The number of anilines is 1. The van der Waals surface area contributed by atoms with E-state index >= 15 is 0 Å². The highest BCUT2D eigenvalue weighted by atomic mass is 16.2.